The predicted molar refractivity (Wildman–Crippen MR) is 106 cm³/mol. The molecule has 0 radical (unpaired) electrons. The van der Waals surface area contributed by atoms with Gasteiger partial charge in [-0.25, -0.2) is 4.79 Å². The zero-order chi connectivity index (χ0) is 18.0. The summed E-state index contributed by atoms with van der Waals surface area (Å²) in [6.07, 6.45) is -0.765. The molecule has 1 aromatic rings. The number of rotatable bonds is 2. The van der Waals surface area contributed by atoms with Crippen molar-refractivity contribution in [2.45, 2.75) is 23.5 Å². The van der Waals surface area contributed by atoms with E-state index >= 15 is 0 Å². The van der Waals surface area contributed by atoms with Gasteiger partial charge in [-0.3, -0.25) is 14.9 Å². The van der Waals surface area contributed by atoms with Crippen LogP contribution in [0.15, 0.2) is 39.0 Å². The largest absolute Gasteiger partial charge is 0.437 e. The van der Waals surface area contributed by atoms with Crippen molar-refractivity contribution in [1.82, 2.24) is 0 Å². The van der Waals surface area contributed by atoms with E-state index in [-0.39, 0.29) is 10.6 Å². The van der Waals surface area contributed by atoms with Gasteiger partial charge < -0.3 is 0 Å². The number of alkyl halides is 2. The molecule has 9 heteroatoms. The molecule has 0 fully saturated rings. The summed E-state index contributed by atoms with van der Waals surface area (Å²) >= 11 is 15.9. The lowest BCUT2D eigenvalue weighted by Crippen LogP contribution is -2.38. The molecule has 0 saturated carbocycles. The number of amides is 1. The molecule has 5 nitrogen and oxygen atoms in total. The van der Waals surface area contributed by atoms with Gasteiger partial charge in [0.25, 0.3) is 0 Å². The van der Waals surface area contributed by atoms with Crippen LogP contribution in [-0.4, -0.2) is 27.2 Å². The molecule has 2 unspecified atom stereocenters. The quantitative estimate of drug-likeness (QED) is 0.307. The van der Waals surface area contributed by atoms with Crippen LogP contribution in [0.2, 0.25) is 5.02 Å². The Bertz CT molecular complexity index is 764. The highest BCUT2D eigenvalue weighted by molar-refractivity contribution is 9.12. The fourth-order valence-electron chi connectivity index (χ4n) is 2.00. The van der Waals surface area contributed by atoms with Crippen molar-refractivity contribution in [3.8, 4) is 0 Å². The van der Waals surface area contributed by atoms with Crippen LogP contribution in [0.5, 0.6) is 0 Å². The molecule has 0 saturated heterocycles. The summed E-state index contributed by atoms with van der Waals surface area (Å²) in [6, 6.07) is 4.97. The number of carbonyl (C=O) groups excluding carboxylic acids is 2. The number of hydrogen-bond acceptors (Lipinski definition) is 4. The third kappa shape index (κ3) is 4.28. The third-order valence-electron chi connectivity index (χ3n) is 3.48. The molecule has 24 heavy (non-hydrogen) atoms. The van der Waals surface area contributed by atoms with Crippen LogP contribution < -0.4 is 5.32 Å². The Morgan fingerprint density at radius 1 is 1.25 bits per heavy atom. The summed E-state index contributed by atoms with van der Waals surface area (Å²) in [7, 11) is 0. The van der Waals surface area contributed by atoms with E-state index in [1.807, 2.05) is 0 Å². The van der Waals surface area contributed by atoms with E-state index in [4.69, 9.17) is 16.4 Å². The fraction of sp³-hybridized carbons (Fsp3) is 0.267. The van der Waals surface area contributed by atoms with Crippen molar-refractivity contribution in [2.75, 3.05) is 5.32 Å². The van der Waals surface area contributed by atoms with E-state index in [1.54, 1.807) is 32.0 Å². The first-order valence-electron chi connectivity index (χ1n) is 6.73. The summed E-state index contributed by atoms with van der Waals surface area (Å²) in [6.45, 7) is 3.47. The van der Waals surface area contributed by atoms with Crippen molar-refractivity contribution < 1.29 is 14.4 Å². The van der Waals surface area contributed by atoms with Crippen LogP contribution in [0.3, 0.4) is 0 Å². The zero-order valence-corrected chi connectivity index (χ0v) is 18.1. The maximum Gasteiger partial charge on any atom is 0.437 e. The number of nitrogens with one attached hydrogen (secondary N) is 1. The van der Waals surface area contributed by atoms with E-state index in [2.05, 4.69) is 58.3 Å². The average molecular weight is 543 g/mol. The molecule has 2 atom stereocenters. The highest BCUT2D eigenvalue weighted by Gasteiger charge is 2.36. The molecule has 1 N–H and O–H groups in total. The summed E-state index contributed by atoms with van der Waals surface area (Å²) in [5.41, 5.74) is 2.19. The SMILES string of the molecule is CC1=C(C)C(=NOC(=O)Nc2cc(Cl)ccc2Br)C(Br)C(Br)C1=O. The fourth-order valence-corrected chi connectivity index (χ4v) is 3.78. The number of ketones is 1. The second-order valence-corrected chi connectivity index (χ2v) is 8.29. The van der Waals surface area contributed by atoms with E-state index in [1.165, 1.54) is 0 Å². The smallest absolute Gasteiger partial charge is 0.297 e. The van der Waals surface area contributed by atoms with Crippen molar-refractivity contribution in [2.24, 2.45) is 5.16 Å². The van der Waals surface area contributed by atoms with Crippen LogP contribution >= 0.6 is 59.4 Å². The molecule has 1 aliphatic carbocycles. The number of allylic oxidation sites excluding steroid dienone is 2. The molecular weight excluding hydrogens is 531 g/mol. The van der Waals surface area contributed by atoms with Crippen molar-refractivity contribution >= 4 is 82.7 Å². The topological polar surface area (TPSA) is 67.8 Å². The molecule has 0 aliphatic heterocycles. The number of carbonyl (C=O) groups is 2. The molecule has 2 rings (SSSR count). The van der Waals surface area contributed by atoms with Crippen molar-refractivity contribution in [1.29, 1.82) is 0 Å². The first-order valence-corrected chi connectivity index (χ1v) is 9.73. The maximum absolute atomic E-state index is 12.0. The second kappa shape index (κ2) is 8.12. The van der Waals surface area contributed by atoms with Crippen molar-refractivity contribution in [3.63, 3.8) is 0 Å². The lowest BCUT2D eigenvalue weighted by atomic mass is 9.91. The Morgan fingerprint density at radius 3 is 2.58 bits per heavy atom. The molecule has 0 heterocycles. The minimum Gasteiger partial charge on any atom is -0.297 e. The lowest BCUT2D eigenvalue weighted by Gasteiger charge is -2.25. The number of halogens is 4. The van der Waals surface area contributed by atoms with E-state index in [0.717, 1.165) is 0 Å². The minimum atomic E-state index is -0.765. The Hall–Kier alpha value is -0.700. The zero-order valence-electron chi connectivity index (χ0n) is 12.6. The molecule has 1 amide bonds. The summed E-state index contributed by atoms with van der Waals surface area (Å²) in [5, 5.41) is 6.91. The summed E-state index contributed by atoms with van der Waals surface area (Å²) in [4.78, 5) is 28.0. The average Bonchev–Trinajstić information content (AvgIpc) is 2.54. The van der Waals surface area contributed by atoms with Gasteiger partial charge in [0.1, 0.15) is 0 Å². The maximum atomic E-state index is 12.0. The van der Waals surface area contributed by atoms with E-state index in [9.17, 15) is 9.59 Å². The predicted octanol–water partition coefficient (Wildman–Crippen LogP) is 5.45. The van der Waals surface area contributed by atoms with E-state index in [0.29, 0.717) is 32.0 Å². The molecule has 1 aromatic carbocycles. The van der Waals surface area contributed by atoms with Crippen LogP contribution in [0.4, 0.5) is 10.5 Å². The van der Waals surface area contributed by atoms with Crippen LogP contribution in [0.1, 0.15) is 13.8 Å². The normalized spacial score (nSPS) is 22.8. The van der Waals surface area contributed by atoms with Gasteiger partial charge in [-0.05, 0) is 59.1 Å². The Labute approximate surface area is 169 Å². The molecule has 128 valence electrons. The van der Waals surface area contributed by atoms with Gasteiger partial charge in [0, 0.05) is 9.50 Å². The number of anilines is 1. The van der Waals surface area contributed by atoms with Gasteiger partial charge >= 0.3 is 6.09 Å². The number of hydrogen-bond donors (Lipinski definition) is 1. The molecule has 1 aliphatic rings. The van der Waals surface area contributed by atoms with Gasteiger partial charge in [0.2, 0.25) is 0 Å². The van der Waals surface area contributed by atoms with Gasteiger partial charge in [0.15, 0.2) is 5.78 Å². The lowest BCUT2D eigenvalue weighted by molar-refractivity contribution is -0.114. The first kappa shape index (κ1) is 19.6. The van der Waals surface area contributed by atoms with Gasteiger partial charge in [0.05, 0.1) is 21.1 Å². The summed E-state index contributed by atoms with van der Waals surface area (Å²) < 4.78 is 0.658. The van der Waals surface area contributed by atoms with Gasteiger partial charge in [-0.2, -0.15) is 0 Å². The number of nitrogens with zero attached hydrogens (tertiary/aromatic N) is 1. The first-order chi connectivity index (χ1) is 11.2. The molecule has 0 spiro atoms. The Kier molecular flexibility index (Phi) is 6.64. The van der Waals surface area contributed by atoms with Gasteiger partial charge in [-0.1, -0.05) is 48.6 Å². The van der Waals surface area contributed by atoms with Crippen LogP contribution in [0.25, 0.3) is 0 Å². The minimum absolute atomic E-state index is 0.0272. The van der Waals surface area contributed by atoms with Crippen LogP contribution in [0, 0.1) is 0 Å². The Morgan fingerprint density at radius 2 is 1.92 bits per heavy atom. The molecule has 0 bridgehead atoms. The standard InChI is InChI=1S/C15H12Br3ClN2O3/c1-6-7(2)14(22)12(18)11(17)13(6)21-24-15(23)20-10-5-8(19)3-4-9(10)16/h3-5,11-12H,1-2H3,(H,20,23). The second-order valence-electron chi connectivity index (χ2n) is 5.02. The number of benzene rings is 1. The summed E-state index contributed by atoms with van der Waals surface area (Å²) in [5.74, 6) is -0.0272. The van der Waals surface area contributed by atoms with Gasteiger partial charge in [-0.15, -0.1) is 0 Å². The highest BCUT2D eigenvalue weighted by atomic mass is 79.9. The number of Topliss-reactive ketones (excluding diaryl/α,β-unsaturated/α-hetero) is 1. The monoisotopic (exact) mass is 540 g/mol. The van der Waals surface area contributed by atoms with Crippen molar-refractivity contribution in [3.05, 3.63) is 38.8 Å². The molecular formula is C15H12Br3ClN2O3. The third-order valence-corrected chi connectivity index (χ3v) is 7.02. The highest BCUT2D eigenvalue weighted by Crippen LogP contribution is 2.30. The Balaban J connectivity index is 2.16. The molecule has 0 aromatic heterocycles. The van der Waals surface area contributed by atoms with E-state index < -0.39 is 10.9 Å². The number of oxime groups is 1. The van der Waals surface area contributed by atoms with Crippen LogP contribution in [-0.2, 0) is 9.63 Å².